The van der Waals surface area contributed by atoms with E-state index >= 15 is 0 Å². The van der Waals surface area contributed by atoms with Gasteiger partial charge in [0.2, 0.25) is 0 Å². The van der Waals surface area contributed by atoms with Gasteiger partial charge >= 0.3 is 5.97 Å². The molecule has 1 rings (SSSR count). The van der Waals surface area contributed by atoms with Gasteiger partial charge in [-0.1, -0.05) is 6.58 Å². The summed E-state index contributed by atoms with van der Waals surface area (Å²) in [7, 11) is 1.61. The molecule has 0 aliphatic heterocycles. The molecule has 4 nitrogen and oxygen atoms in total. The van der Waals surface area contributed by atoms with E-state index in [0.717, 1.165) is 19.3 Å². The Morgan fingerprint density at radius 2 is 1.89 bits per heavy atom. The number of carbonyl (C=O) groups excluding carboxylic acids is 2. The molecule has 0 bridgehead atoms. The summed E-state index contributed by atoms with van der Waals surface area (Å²) in [6.45, 7) is 6.80. The van der Waals surface area contributed by atoms with Gasteiger partial charge in [0.25, 0.3) is 0 Å². The summed E-state index contributed by atoms with van der Waals surface area (Å²) < 4.78 is 10.7. The number of methoxy groups -OCH3 is 1. The first-order valence-corrected chi connectivity index (χ1v) is 6.32. The smallest absolute Gasteiger partial charge is 0.333 e. The van der Waals surface area contributed by atoms with E-state index in [1.165, 1.54) is 0 Å². The monoisotopic (exact) mass is 254 g/mol. The van der Waals surface area contributed by atoms with E-state index in [-0.39, 0.29) is 24.0 Å². The van der Waals surface area contributed by atoms with Crippen molar-refractivity contribution in [1.29, 1.82) is 0 Å². The number of Topliss-reactive ketones (excluding diaryl/α,β-unsaturated/α-hetero) is 1. The molecule has 102 valence electrons. The van der Waals surface area contributed by atoms with Crippen LogP contribution in [0.3, 0.4) is 0 Å². The van der Waals surface area contributed by atoms with Crippen LogP contribution in [-0.4, -0.2) is 31.1 Å². The van der Waals surface area contributed by atoms with Crippen molar-refractivity contribution in [3.05, 3.63) is 12.2 Å². The number of hydrogen-bond acceptors (Lipinski definition) is 4. The summed E-state index contributed by atoms with van der Waals surface area (Å²) in [5.41, 5.74) is 0.399. The minimum atomic E-state index is -0.368. The fourth-order valence-corrected chi connectivity index (χ4v) is 2.40. The summed E-state index contributed by atoms with van der Waals surface area (Å²) in [5.74, 6) is 0.173. The van der Waals surface area contributed by atoms with Crippen LogP contribution in [0, 0.1) is 5.92 Å². The van der Waals surface area contributed by atoms with Gasteiger partial charge in [0.15, 0.2) is 0 Å². The summed E-state index contributed by atoms with van der Waals surface area (Å²) in [6.07, 6.45) is 2.66. The lowest BCUT2D eigenvalue weighted by Gasteiger charge is -2.34. The molecule has 0 saturated heterocycles. The molecule has 0 aromatic rings. The van der Waals surface area contributed by atoms with Crippen molar-refractivity contribution in [1.82, 2.24) is 0 Å². The molecule has 3 unspecified atom stereocenters. The summed E-state index contributed by atoms with van der Waals surface area (Å²) in [6, 6.07) is 0. The average Bonchev–Trinajstić information content (AvgIpc) is 2.30. The Kier molecular flexibility index (Phi) is 5.54. The Morgan fingerprint density at radius 3 is 2.39 bits per heavy atom. The van der Waals surface area contributed by atoms with Crippen LogP contribution >= 0.6 is 0 Å². The van der Waals surface area contributed by atoms with Crippen molar-refractivity contribution in [3.8, 4) is 0 Å². The van der Waals surface area contributed by atoms with Crippen molar-refractivity contribution in [2.45, 2.75) is 51.7 Å². The van der Waals surface area contributed by atoms with Gasteiger partial charge in [-0.2, -0.15) is 0 Å². The molecule has 0 N–H and O–H groups in total. The van der Waals surface area contributed by atoms with Crippen LogP contribution in [0.5, 0.6) is 0 Å². The number of ketones is 1. The van der Waals surface area contributed by atoms with Crippen LogP contribution in [0.25, 0.3) is 0 Å². The van der Waals surface area contributed by atoms with Gasteiger partial charge in [-0.25, -0.2) is 4.79 Å². The Bertz CT molecular complexity index is 335. The van der Waals surface area contributed by atoms with E-state index in [1.807, 2.05) is 0 Å². The van der Waals surface area contributed by atoms with Gasteiger partial charge < -0.3 is 14.3 Å². The molecular formula is C14H22O4. The molecule has 4 heteroatoms. The maximum absolute atomic E-state index is 11.5. The molecule has 1 aliphatic carbocycles. The molecule has 1 aliphatic rings. The molecule has 0 spiro atoms. The fourth-order valence-electron chi connectivity index (χ4n) is 2.40. The van der Waals surface area contributed by atoms with Crippen molar-refractivity contribution < 1.29 is 19.1 Å². The van der Waals surface area contributed by atoms with Crippen molar-refractivity contribution in [3.63, 3.8) is 0 Å². The fraction of sp³-hybridized carbons (Fsp3) is 0.714. The largest absolute Gasteiger partial charge is 0.456 e. The lowest BCUT2D eigenvalue weighted by Crippen LogP contribution is -2.39. The van der Waals surface area contributed by atoms with Crippen LogP contribution in [0.4, 0.5) is 0 Å². The second-order valence-corrected chi connectivity index (χ2v) is 5.08. The third-order valence-electron chi connectivity index (χ3n) is 3.33. The third kappa shape index (κ3) is 4.26. The van der Waals surface area contributed by atoms with Crippen molar-refractivity contribution >= 4 is 11.8 Å². The minimum Gasteiger partial charge on any atom is -0.456 e. The molecule has 0 heterocycles. The summed E-state index contributed by atoms with van der Waals surface area (Å²) in [4.78, 5) is 22.6. The highest BCUT2D eigenvalue weighted by Crippen LogP contribution is 2.31. The highest BCUT2D eigenvalue weighted by molar-refractivity contribution is 5.87. The number of hydrogen-bond donors (Lipinski definition) is 0. The zero-order valence-electron chi connectivity index (χ0n) is 11.4. The van der Waals surface area contributed by atoms with Crippen LogP contribution in [0.15, 0.2) is 12.2 Å². The number of carbonyl (C=O) groups is 2. The van der Waals surface area contributed by atoms with Crippen molar-refractivity contribution in [2.75, 3.05) is 7.11 Å². The predicted octanol–water partition coefficient (Wildman–Crippen LogP) is 2.27. The summed E-state index contributed by atoms with van der Waals surface area (Å²) >= 11 is 0. The lowest BCUT2D eigenvalue weighted by atomic mass is 9.82. The molecule has 0 amide bonds. The molecule has 3 atom stereocenters. The van der Waals surface area contributed by atoms with Gasteiger partial charge in [-0.3, -0.25) is 0 Å². The second-order valence-electron chi connectivity index (χ2n) is 5.08. The molecule has 0 aromatic heterocycles. The summed E-state index contributed by atoms with van der Waals surface area (Å²) in [5, 5.41) is 0. The number of esters is 1. The molecule has 18 heavy (non-hydrogen) atoms. The molecule has 0 aromatic carbocycles. The maximum atomic E-state index is 11.5. The maximum Gasteiger partial charge on any atom is 0.333 e. The van der Waals surface area contributed by atoms with Crippen LogP contribution < -0.4 is 0 Å². The zero-order valence-corrected chi connectivity index (χ0v) is 11.4. The Morgan fingerprint density at radius 1 is 1.22 bits per heavy atom. The average molecular weight is 254 g/mol. The van der Waals surface area contributed by atoms with Crippen LogP contribution in [0.1, 0.15) is 39.5 Å². The zero-order chi connectivity index (χ0) is 13.7. The van der Waals surface area contributed by atoms with E-state index in [1.54, 1.807) is 21.0 Å². The molecular weight excluding hydrogens is 232 g/mol. The lowest BCUT2D eigenvalue weighted by molar-refractivity contribution is -0.156. The third-order valence-corrected chi connectivity index (χ3v) is 3.33. The standard InChI is InChI=1S/C14H22O4/c1-9(2)14(16)18-12-6-5-11(7-10(3)15)8-13(12)17-4/h11-13H,1,5-8H2,2-4H3. The van der Waals surface area contributed by atoms with Gasteiger partial charge in [0, 0.05) is 19.1 Å². The highest BCUT2D eigenvalue weighted by atomic mass is 16.6. The Balaban J connectivity index is 2.54. The highest BCUT2D eigenvalue weighted by Gasteiger charge is 2.33. The molecule has 1 saturated carbocycles. The SMILES string of the molecule is C=C(C)C(=O)OC1CCC(CC(C)=O)CC1OC. The number of rotatable bonds is 5. The van der Waals surface area contributed by atoms with E-state index in [0.29, 0.717) is 17.9 Å². The minimum absolute atomic E-state index is 0.119. The van der Waals surface area contributed by atoms with Gasteiger partial charge in [0.1, 0.15) is 11.9 Å². The van der Waals surface area contributed by atoms with E-state index in [2.05, 4.69) is 6.58 Å². The van der Waals surface area contributed by atoms with E-state index in [9.17, 15) is 9.59 Å². The molecule has 1 fully saturated rings. The van der Waals surface area contributed by atoms with Crippen LogP contribution in [-0.2, 0) is 19.1 Å². The van der Waals surface area contributed by atoms with Gasteiger partial charge in [0.05, 0.1) is 6.10 Å². The first-order valence-electron chi connectivity index (χ1n) is 6.32. The Labute approximate surface area is 108 Å². The predicted molar refractivity (Wildman–Crippen MR) is 68.1 cm³/mol. The van der Waals surface area contributed by atoms with Crippen molar-refractivity contribution in [2.24, 2.45) is 5.92 Å². The first-order chi connectivity index (χ1) is 8.43. The van der Waals surface area contributed by atoms with Gasteiger partial charge in [-0.05, 0) is 39.0 Å². The topological polar surface area (TPSA) is 52.6 Å². The number of ether oxygens (including phenoxy) is 2. The molecule has 0 radical (unpaired) electrons. The normalized spacial score (nSPS) is 27.6. The quantitative estimate of drug-likeness (QED) is 0.558. The van der Waals surface area contributed by atoms with Gasteiger partial charge in [-0.15, -0.1) is 0 Å². The second kappa shape index (κ2) is 6.69. The van der Waals surface area contributed by atoms with E-state index in [4.69, 9.17) is 9.47 Å². The first kappa shape index (κ1) is 14.9. The van der Waals surface area contributed by atoms with E-state index < -0.39 is 0 Å². The van der Waals surface area contributed by atoms with Crippen LogP contribution in [0.2, 0.25) is 0 Å². The Hall–Kier alpha value is -1.16.